The number of halogens is 3. The Bertz CT molecular complexity index is 785. The number of carbonyl (C=O) groups is 1. The van der Waals surface area contributed by atoms with Crippen LogP contribution in [0.1, 0.15) is 49.3 Å². The van der Waals surface area contributed by atoms with Crippen molar-refractivity contribution in [2.45, 2.75) is 45.7 Å². The van der Waals surface area contributed by atoms with E-state index in [-0.39, 0.29) is 12.1 Å². The Labute approximate surface area is 157 Å². The van der Waals surface area contributed by atoms with E-state index in [9.17, 15) is 18.0 Å². The lowest BCUT2D eigenvalue weighted by atomic mass is 9.98. The fourth-order valence-corrected chi connectivity index (χ4v) is 2.86. The van der Waals surface area contributed by atoms with E-state index in [0.29, 0.717) is 18.9 Å². The van der Waals surface area contributed by atoms with Crippen LogP contribution in [0.4, 0.5) is 18.9 Å². The smallest absolute Gasteiger partial charge is 0.418 e. The van der Waals surface area contributed by atoms with Gasteiger partial charge in [0.1, 0.15) is 5.75 Å². The van der Waals surface area contributed by atoms with Crippen LogP contribution >= 0.6 is 0 Å². The van der Waals surface area contributed by atoms with Crippen molar-refractivity contribution in [2.75, 3.05) is 11.9 Å². The first-order valence-electron chi connectivity index (χ1n) is 8.88. The number of amides is 1. The third kappa shape index (κ3) is 6.01. The number of hydrogen-bond donors (Lipinski definition) is 1. The molecule has 0 fully saturated rings. The first-order chi connectivity index (χ1) is 12.7. The minimum Gasteiger partial charge on any atom is -0.494 e. The van der Waals surface area contributed by atoms with E-state index in [4.69, 9.17) is 4.74 Å². The molecule has 3 nitrogen and oxygen atoms in total. The van der Waals surface area contributed by atoms with Crippen molar-refractivity contribution >= 4 is 11.6 Å². The van der Waals surface area contributed by atoms with Crippen molar-refractivity contribution in [2.24, 2.45) is 0 Å². The van der Waals surface area contributed by atoms with Crippen LogP contribution in [-0.2, 0) is 11.0 Å². The molecule has 0 aromatic heterocycles. The quantitative estimate of drug-likeness (QED) is 0.605. The largest absolute Gasteiger partial charge is 0.494 e. The van der Waals surface area contributed by atoms with E-state index in [0.717, 1.165) is 17.4 Å². The lowest BCUT2D eigenvalue weighted by Gasteiger charge is -2.14. The van der Waals surface area contributed by atoms with E-state index in [1.807, 2.05) is 25.1 Å². The number of nitrogens with one attached hydrogen (secondary N) is 1. The summed E-state index contributed by atoms with van der Waals surface area (Å²) in [7, 11) is 0. The summed E-state index contributed by atoms with van der Waals surface area (Å²) in [6.45, 7) is 6.58. The Morgan fingerprint density at radius 3 is 2.48 bits per heavy atom. The maximum Gasteiger partial charge on any atom is 0.418 e. The Morgan fingerprint density at radius 2 is 1.85 bits per heavy atom. The monoisotopic (exact) mass is 379 g/mol. The first-order valence-corrected chi connectivity index (χ1v) is 8.88. The zero-order valence-electron chi connectivity index (χ0n) is 15.7. The molecule has 2 aromatic carbocycles. The molecule has 0 radical (unpaired) electrons. The molecule has 1 amide bonds. The second-order valence-electron chi connectivity index (χ2n) is 6.72. The summed E-state index contributed by atoms with van der Waals surface area (Å²) < 4.78 is 44.4. The Balaban J connectivity index is 1.83. The van der Waals surface area contributed by atoms with Gasteiger partial charge in [0.05, 0.1) is 17.9 Å². The summed E-state index contributed by atoms with van der Waals surface area (Å²) in [4.78, 5) is 11.9. The van der Waals surface area contributed by atoms with Gasteiger partial charge in [-0.15, -0.1) is 0 Å². The minimum absolute atomic E-state index is 0.0786. The van der Waals surface area contributed by atoms with Gasteiger partial charge < -0.3 is 10.1 Å². The average Bonchev–Trinajstić information content (AvgIpc) is 2.58. The summed E-state index contributed by atoms with van der Waals surface area (Å²) in [6.07, 6.45) is -4.02. The predicted molar refractivity (Wildman–Crippen MR) is 100 cm³/mol. The molecule has 0 saturated carbocycles. The highest BCUT2D eigenvalue weighted by Gasteiger charge is 2.33. The number of rotatable bonds is 7. The fourth-order valence-electron chi connectivity index (χ4n) is 2.86. The molecule has 0 aliphatic rings. The topological polar surface area (TPSA) is 38.3 Å². The number of aryl methyl sites for hydroxylation is 1. The van der Waals surface area contributed by atoms with E-state index in [1.165, 1.54) is 23.8 Å². The van der Waals surface area contributed by atoms with Gasteiger partial charge in [-0.3, -0.25) is 4.79 Å². The predicted octanol–water partition coefficient (Wildman–Crippen LogP) is 5.93. The van der Waals surface area contributed by atoms with Gasteiger partial charge in [-0.25, -0.2) is 0 Å². The van der Waals surface area contributed by atoms with Crippen molar-refractivity contribution in [1.29, 1.82) is 0 Å². The highest BCUT2D eigenvalue weighted by Crippen LogP contribution is 2.34. The lowest BCUT2D eigenvalue weighted by Crippen LogP contribution is -2.17. The average molecular weight is 379 g/mol. The summed E-state index contributed by atoms with van der Waals surface area (Å²) >= 11 is 0. The van der Waals surface area contributed by atoms with Crippen molar-refractivity contribution in [3.8, 4) is 5.75 Å². The molecule has 6 heteroatoms. The third-order valence-corrected chi connectivity index (χ3v) is 4.19. The molecule has 0 saturated heterocycles. The molecule has 146 valence electrons. The highest BCUT2D eigenvalue weighted by molar-refractivity contribution is 5.91. The fraction of sp³-hybridized carbons (Fsp3) is 0.381. The SMILES string of the molecule is Cc1cc(OCCCC(=O)Nc2ccccc2C(F)(F)F)ccc1C(C)C. The highest BCUT2D eigenvalue weighted by atomic mass is 19.4. The number of benzene rings is 2. The van der Waals surface area contributed by atoms with Crippen LogP contribution < -0.4 is 10.1 Å². The standard InChI is InChI=1S/C21H24F3NO2/c1-14(2)17-11-10-16(13-15(17)3)27-12-6-9-20(26)25-19-8-5-4-7-18(19)21(22,23)24/h4-5,7-8,10-11,13-14H,6,9,12H2,1-3H3,(H,25,26). The van der Waals surface area contributed by atoms with Crippen LogP contribution in [-0.4, -0.2) is 12.5 Å². The molecule has 1 N–H and O–H groups in total. The van der Waals surface area contributed by atoms with Crippen LogP contribution in [0.3, 0.4) is 0 Å². The first kappa shape index (κ1) is 20.8. The Morgan fingerprint density at radius 1 is 1.15 bits per heavy atom. The van der Waals surface area contributed by atoms with Crippen LogP contribution in [0.2, 0.25) is 0 Å². The normalized spacial score (nSPS) is 11.5. The summed E-state index contributed by atoms with van der Waals surface area (Å²) in [5, 5.41) is 2.33. The second kappa shape index (κ2) is 8.93. The molecule has 0 bridgehead atoms. The number of ether oxygens (including phenoxy) is 1. The van der Waals surface area contributed by atoms with Gasteiger partial charge in [0.15, 0.2) is 0 Å². The van der Waals surface area contributed by atoms with Crippen LogP contribution in [0.15, 0.2) is 42.5 Å². The van der Waals surface area contributed by atoms with E-state index in [2.05, 4.69) is 19.2 Å². The molecule has 27 heavy (non-hydrogen) atoms. The van der Waals surface area contributed by atoms with Gasteiger partial charge in [-0.1, -0.05) is 32.0 Å². The lowest BCUT2D eigenvalue weighted by molar-refractivity contribution is -0.137. The molecule has 0 spiro atoms. The molecule has 0 unspecified atom stereocenters. The molecular formula is C21H24F3NO2. The molecule has 2 aromatic rings. The van der Waals surface area contributed by atoms with E-state index >= 15 is 0 Å². The van der Waals surface area contributed by atoms with Gasteiger partial charge in [-0.05, 0) is 54.7 Å². The zero-order valence-corrected chi connectivity index (χ0v) is 15.7. The van der Waals surface area contributed by atoms with Crippen molar-refractivity contribution in [1.82, 2.24) is 0 Å². The number of hydrogen-bond acceptors (Lipinski definition) is 2. The summed E-state index contributed by atoms with van der Waals surface area (Å²) in [5.74, 6) is 0.684. The maximum atomic E-state index is 12.9. The van der Waals surface area contributed by atoms with E-state index < -0.39 is 17.6 Å². The summed E-state index contributed by atoms with van der Waals surface area (Å²) in [5.41, 5.74) is 1.32. The number of carbonyl (C=O) groups excluding carboxylic acids is 1. The minimum atomic E-state index is -4.51. The Kier molecular flexibility index (Phi) is 6.88. The molecule has 2 rings (SSSR count). The molecular weight excluding hydrogens is 355 g/mol. The maximum absolute atomic E-state index is 12.9. The van der Waals surface area contributed by atoms with Gasteiger partial charge in [0.25, 0.3) is 0 Å². The van der Waals surface area contributed by atoms with Crippen LogP contribution in [0, 0.1) is 6.92 Å². The second-order valence-corrected chi connectivity index (χ2v) is 6.72. The Hall–Kier alpha value is -2.50. The number of para-hydroxylation sites is 1. The van der Waals surface area contributed by atoms with Crippen LogP contribution in [0.5, 0.6) is 5.75 Å². The molecule has 0 aliphatic carbocycles. The van der Waals surface area contributed by atoms with Crippen LogP contribution in [0.25, 0.3) is 0 Å². The van der Waals surface area contributed by atoms with Crippen molar-refractivity contribution < 1.29 is 22.7 Å². The number of alkyl halides is 3. The molecule has 0 heterocycles. The van der Waals surface area contributed by atoms with Gasteiger partial charge in [0, 0.05) is 6.42 Å². The van der Waals surface area contributed by atoms with Gasteiger partial charge in [-0.2, -0.15) is 13.2 Å². The number of anilines is 1. The van der Waals surface area contributed by atoms with Gasteiger partial charge >= 0.3 is 6.18 Å². The van der Waals surface area contributed by atoms with Gasteiger partial charge in [0.2, 0.25) is 5.91 Å². The van der Waals surface area contributed by atoms with E-state index in [1.54, 1.807) is 0 Å². The van der Waals surface area contributed by atoms with Crippen molar-refractivity contribution in [3.63, 3.8) is 0 Å². The molecule has 0 atom stereocenters. The zero-order chi connectivity index (χ0) is 20.0. The summed E-state index contributed by atoms with van der Waals surface area (Å²) in [6, 6.07) is 10.8. The third-order valence-electron chi connectivity index (χ3n) is 4.19. The van der Waals surface area contributed by atoms with Crippen molar-refractivity contribution in [3.05, 3.63) is 59.2 Å². The molecule has 0 aliphatic heterocycles.